The van der Waals surface area contributed by atoms with Crippen LogP contribution in [0.1, 0.15) is 79.7 Å². The van der Waals surface area contributed by atoms with Gasteiger partial charge in [-0.15, -0.1) is 18.2 Å². The number of thioether (sulfide) groups is 1. The zero-order valence-electron chi connectivity index (χ0n) is 43.9. The summed E-state index contributed by atoms with van der Waals surface area (Å²) in [4.78, 5) is 132. The van der Waals surface area contributed by atoms with Gasteiger partial charge >= 0.3 is 0 Å². The van der Waals surface area contributed by atoms with Gasteiger partial charge in [-0.3, -0.25) is 43.2 Å². The number of hydrogen-bond acceptors (Lipinski definition) is 13. The fourth-order valence-corrected chi connectivity index (χ4v) is 11.3. The molecule has 3 aliphatic rings. The molecule has 1 aromatic carbocycles. The fraction of sp³-hybridized carbons (Fsp3) is 0.620. The highest BCUT2D eigenvalue weighted by atomic mass is 32.2. The van der Waals surface area contributed by atoms with E-state index < -0.39 is 135 Å². The molecule has 0 spiro atoms. The third-order valence-electron chi connectivity index (χ3n) is 14.5. The molecule has 2 aromatic rings. The molecule has 1 saturated heterocycles. The van der Waals surface area contributed by atoms with E-state index in [4.69, 9.17) is 15.6 Å². The molecule has 2 unspecified atom stereocenters. The minimum Gasteiger partial charge on any atom is -0.497 e. The van der Waals surface area contributed by atoms with Crippen molar-refractivity contribution in [2.45, 2.75) is 152 Å². The number of nitrogens with one attached hydrogen (secondary N) is 9. The number of carbonyl (C=O) groups excluding carboxylic acids is 9. The highest BCUT2D eigenvalue weighted by molar-refractivity contribution is 7.99. The number of H-pyrrole nitrogens is 1. The van der Waals surface area contributed by atoms with E-state index in [0.717, 1.165) is 16.7 Å². The van der Waals surface area contributed by atoms with Crippen molar-refractivity contribution >= 4 is 84.1 Å². The van der Waals surface area contributed by atoms with Crippen molar-refractivity contribution in [1.82, 2.24) is 52.4 Å². The standard InChI is InChI=1S/C50H74N10O12SSi/c1-12-18-51-38(62)17-16-33-49(70)60-24-29(61)19-37(60)45(67)59-42(27(4)28(5)72-74(10,11)50(6,7)8)47(69)56-35-21-32-31-15-14-30(71-9)20-34(31)57-48(32)73-25-36(44(66)55-33)54-39(63)22-53-46(68)41(26(3)13-2)58-40(64)23-52-43(35)65/h1,14-15,20,26-29,33,35-37,41-42,57,61H,13,16-19,21-25H2,2-11H3,(H,51,62)(H,52,65)(H,53,68)(H,54,63)(H,55,66)(H,56,69)(H,58,64)(H,59,67)/t26-,27-,28?,29+,33-,35-,36+,37?,41-,42+/m0/s1. The van der Waals surface area contributed by atoms with Crippen LogP contribution in [0.4, 0.5) is 0 Å². The molecule has 1 aromatic heterocycles. The average Bonchev–Trinajstić information content (AvgIpc) is 3.91. The van der Waals surface area contributed by atoms with Crippen LogP contribution in [0, 0.1) is 24.2 Å². The topological polar surface area (TPSA) is 308 Å². The van der Waals surface area contributed by atoms with Crippen molar-refractivity contribution in [3.8, 4) is 18.1 Å². The summed E-state index contributed by atoms with van der Waals surface area (Å²) in [5.41, 5.74) is 1.03. The van der Waals surface area contributed by atoms with Gasteiger partial charge in [0.15, 0.2) is 8.32 Å². The predicted molar refractivity (Wildman–Crippen MR) is 279 cm³/mol. The minimum atomic E-state index is -2.52. The van der Waals surface area contributed by atoms with Crippen molar-refractivity contribution in [2.24, 2.45) is 11.8 Å². The van der Waals surface area contributed by atoms with Crippen LogP contribution in [-0.2, 0) is 54.0 Å². The van der Waals surface area contributed by atoms with Gasteiger partial charge in [0.1, 0.15) is 42.0 Å². The summed E-state index contributed by atoms with van der Waals surface area (Å²) in [7, 11) is -1.03. The van der Waals surface area contributed by atoms with Crippen LogP contribution in [0.5, 0.6) is 5.75 Å². The van der Waals surface area contributed by atoms with E-state index in [1.165, 1.54) is 7.11 Å². The summed E-state index contributed by atoms with van der Waals surface area (Å²) < 4.78 is 12.3. The maximum absolute atomic E-state index is 15.2. The molecule has 0 aliphatic carbocycles. The first-order chi connectivity index (χ1) is 34.8. The normalized spacial score (nSPS) is 25.5. The quantitative estimate of drug-likeness (QED) is 0.106. The van der Waals surface area contributed by atoms with Crippen LogP contribution in [0.2, 0.25) is 18.1 Å². The molecule has 0 saturated carbocycles. The summed E-state index contributed by atoms with van der Waals surface area (Å²) in [6.45, 7) is 15.5. The second-order valence-corrected chi connectivity index (χ2v) is 26.6. The molecule has 2 bridgehead atoms. The minimum absolute atomic E-state index is 0.114. The third kappa shape index (κ3) is 14.8. The summed E-state index contributed by atoms with van der Waals surface area (Å²) in [5.74, 6) is -5.65. The van der Waals surface area contributed by atoms with E-state index in [0.29, 0.717) is 33.7 Å². The Bertz CT molecular complexity index is 2490. The first-order valence-electron chi connectivity index (χ1n) is 25.0. The molecular weight excluding hydrogens is 993 g/mol. The van der Waals surface area contributed by atoms with Gasteiger partial charge in [0.05, 0.1) is 43.4 Å². The average molecular weight is 1070 g/mol. The van der Waals surface area contributed by atoms with E-state index in [9.17, 15) is 43.5 Å². The first-order valence-corrected chi connectivity index (χ1v) is 28.9. The number of ether oxygens (including phenoxy) is 1. The van der Waals surface area contributed by atoms with Crippen LogP contribution in [0.25, 0.3) is 10.9 Å². The number of benzene rings is 1. The largest absolute Gasteiger partial charge is 0.497 e. The number of fused-ring (bicyclic) bond motifs is 5. The Kier molecular flexibility index (Phi) is 20.1. The van der Waals surface area contributed by atoms with E-state index in [1.54, 1.807) is 45.9 Å². The highest BCUT2D eigenvalue weighted by Gasteiger charge is 2.46. The first kappa shape index (κ1) is 58.7. The summed E-state index contributed by atoms with van der Waals surface area (Å²) in [6, 6.07) is -3.24. The second kappa shape index (κ2) is 25.4. The molecule has 24 heteroatoms. The van der Waals surface area contributed by atoms with Gasteiger partial charge in [-0.1, -0.05) is 53.9 Å². The molecule has 9 amide bonds. The van der Waals surface area contributed by atoms with Crippen molar-refractivity contribution < 1.29 is 57.4 Å². The number of hydrogen-bond donors (Lipinski definition) is 10. The van der Waals surface area contributed by atoms with Crippen LogP contribution < -0.4 is 47.3 Å². The number of amides is 9. The molecule has 10 atom stereocenters. The van der Waals surface area contributed by atoms with Gasteiger partial charge in [-0.25, -0.2) is 0 Å². The number of terminal acetylenes is 1. The Balaban J connectivity index is 1.73. The van der Waals surface area contributed by atoms with E-state index in [-0.39, 0.29) is 49.6 Å². The molecule has 74 heavy (non-hydrogen) atoms. The molecular formula is C50H74N10O12SSi. The number of carbonyl (C=O) groups is 9. The van der Waals surface area contributed by atoms with Crippen molar-refractivity contribution in [3.63, 3.8) is 0 Å². The summed E-state index contributed by atoms with van der Waals surface area (Å²) in [6.07, 6.45) is 2.78. The zero-order chi connectivity index (χ0) is 54.8. The lowest BCUT2D eigenvalue weighted by Crippen LogP contribution is -2.62. The smallest absolute Gasteiger partial charge is 0.245 e. The van der Waals surface area contributed by atoms with Gasteiger partial charge < -0.3 is 66.7 Å². The SMILES string of the molecule is C#CCNC(=O)CC[C@@H]1NC(=O)[C@H]2CSc3[nH]c4cc(OC)ccc4c3C[C@H](NC(=O)[C@@H]([C@@H](C)C(C)O[Si](C)(C)C(C)(C)C)NC(=O)C3C[C@@H](O)CN3C1=O)C(=O)NCC(=O)N[C@@H]([C@@H](C)CC)C(=O)NCC(=O)N2. The Labute approximate surface area is 437 Å². The maximum atomic E-state index is 15.2. The van der Waals surface area contributed by atoms with Crippen molar-refractivity contribution in [2.75, 3.05) is 39.0 Å². The number of aliphatic hydroxyl groups excluding tert-OH is 1. The Morgan fingerprint density at radius 3 is 2.23 bits per heavy atom. The number of aliphatic hydroxyl groups is 1. The van der Waals surface area contributed by atoms with E-state index in [1.807, 2.05) is 13.1 Å². The number of methoxy groups -OCH3 is 1. The molecule has 10 N–H and O–H groups in total. The van der Waals surface area contributed by atoms with Gasteiger partial charge in [-0.05, 0) is 55.1 Å². The highest BCUT2D eigenvalue weighted by Crippen LogP contribution is 2.39. The number of nitrogens with zero attached hydrogens (tertiary/aromatic N) is 1. The third-order valence-corrected chi connectivity index (χ3v) is 20.2. The lowest BCUT2D eigenvalue weighted by molar-refractivity contribution is -0.143. The second-order valence-electron chi connectivity index (χ2n) is 20.8. The van der Waals surface area contributed by atoms with E-state index in [2.05, 4.69) is 74.2 Å². The number of aromatic amines is 1. The Morgan fingerprint density at radius 2 is 1.58 bits per heavy atom. The van der Waals surface area contributed by atoms with Crippen LogP contribution >= 0.6 is 11.8 Å². The maximum Gasteiger partial charge on any atom is 0.245 e. The predicted octanol–water partition coefficient (Wildman–Crippen LogP) is 0.0786. The lowest BCUT2D eigenvalue weighted by atomic mass is 9.94. The molecule has 3 aliphatic heterocycles. The molecule has 0 radical (unpaired) electrons. The molecule has 406 valence electrons. The Morgan fingerprint density at radius 1 is 0.905 bits per heavy atom. The lowest BCUT2D eigenvalue weighted by Gasteiger charge is -2.41. The Hall–Kier alpha value is -6.16. The monoisotopic (exact) mass is 1070 g/mol. The van der Waals surface area contributed by atoms with Crippen LogP contribution in [-0.4, -0.2) is 164 Å². The molecule has 1 fully saturated rings. The fourth-order valence-electron chi connectivity index (χ4n) is 8.68. The van der Waals surface area contributed by atoms with Crippen molar-refractivity contribution in [3.05, 3.63) is 23.8 Å². The zero-order valence-corrected chi connectivity index (χ0v) is 45.8. The number of rotatable bonds is 11. The van der Waals surface area contributed by atoms with Crippen LogP contribution in [0.15, 0.2) is 23.2 Å². The molecule has 4 heterocycles. The number of aromatic nitrogens is 1. The molecule has 22 nitrogen and oxygen atoms in total. The molecule has 5 rings (SSSR count). The van der Waals surface area contributed by atoms with E-state index >= 15 is 4.79 Å². The van der Waals surface area contributed by atoms with Gasteiger partial charge in [0.25, 0.3) is 0 Å². The summed E-state index contributed by atoms with van der Waals surface area (Å²) in [5, 5.41) is 33.2. The van der Waals surface area contributed by atoms with Gasteiger partial charge in [-0.2, -0.15) is 0 Å². The summed E-state index contributed by atoms with van der Waals surface area (Å²) >= 11 is 1.07. The van der Waals surface area contributed by atoms with Crippen LogP contribution in [0.3, 0.4) is 0 Å². The van der Waals surface area contributed by atoms with Gasteiger partial charge in [0, 0.05) is 55.0 Å². The van der Waals surface area contributed by atoms with Gasteiger partial charge in [0.2, 0.25) is 53.2 Å². The van der Waals surface area contributed by atoms with Crippen molar-refractivity contribution in [1.29, 1.82) is 0 Å².